The first-order valence-corrected chi connectivity index (χ1v) is 10.4. The van der Waals surface area contributed by atoms with E-state index in [1.165, 1.54) is 23.8 Å². The second-order valence-electron chi connectivity index (χ2n) is 9.69. The fourth-order valence-corrected chi connectivity index (χ4v) is 4.28. The van der Waals surface area contributed by atoms with Gasteiger partial charge in [-0.3, -0.25) is 14.7 Å². The summed E-state index contributed by atoms with van der Waals surface area (Å²) in [5.74, 6) is -0.263. The molecule has 1 amide bonds. The zero-order valence-electron chi connectivity index (χ0n) is 18.5. The highest BCUT2D eigenvalue weighted by atomic mass is 16.5. The number of methoxy groups -OCH3 is 1. The van der Waals surface area contributed by atoms with Gasteiger partial charge in [0.2, 0.25) is 5.91 Å². The van der Waals surface area contributed by atoms with Crippen LogP contribution in [-0.2, 0) is 27.3 Å². The third-order valence-electron chi connectivity index (χ3n) is 5.67. The van der Waals surface area contributed by atoms with E-state index in [4.69, 9.17) is 4.74 Å². The Morgan fingerprint density at radius 2 is 2.10 bits per heavy atom. The number of H-pyrrole nitrogens is 1. The van der Waals surface area contributed by atoms with Gasteiger partial charge in [0.05, 0.1) is 25.2 Å². The first kappa shape index (κ1) is 21.3. The predicted molar refractivity (Wildman–Crippen MR) is 113 cm³/mol. The van der Waals surface area contributed by atoms with Crippen LogP contribution in [0.15, 0.2) is 12.3 Å². The number of nitrogens with one attached hydrogen (secondary N) is 1. The summed E-state index contributed by atoms with van der Waals surface area (Å²) in [6.07, 6.45) is 3.43. The van der Waals surface area contributed by atoms with E-state index in [0.717, 1.165) is 17.3 Å². The van der Waals surface area contributed by atoms with Crippen LogP contribution in [0.1, 0.15) is 70.1 Å². The molecule has 1 aliphatic heterocycles. The minimum atomic E-state index is -0.347. The number of nitrogens with zero attached hydrogens (tertiary/aromatic N) is 2. The van der Waals surface area contributed by atoms with Gasteiger partial charge < -0.3 is 9.64 Å². The smallest absolute Gasteiger partial charge is 0.306 e. The van der Waals surface area contributed by atoms with E-state index in [-0.39, 0.29) is 29.6 Å². The largest absolute Gasteiger partial charge is 0.469 e. The summed E-state index contributed by atoms with van der Waals surface area (Å²) < 4.78 is 4.85. The minimum Gasteiger partial charge on any atom is -0.469 e. The van der Waals surface area contributed by atoms with Gasteiger partial charge in [-0.1, -0.05) is 40.7 Å². The van der Waals surface area contributed by atoms with Crippen LogP contribution in [0, 0.1) is 11.3 Å². The lowest BCUT2D eigenvalue weighted by Crippen LogP contribution is -2.42. The number of aromatic amines is 1. The lowest BCUT2D eigenvalue weighted by molar-refractivity contribution is -0.148. The zero-order chi connectivity index (χ0) is 21.3. The van der Waals surface area contributed by atoms with Crippen molar-refractivity contribution >= 4 is 22.8 Å². The lowest BCUT2D eigenvalue weighted by Gasteiger charge is -2.35. The molecule has 1 N–H and O–H groups in total. The van der Waals surface area contributed by atoms with Crippen molar-refractivity contribution in [2.24, 2.45) is 11.3 Å². The van der Waals surface area contributed by atoms with Gasteiger partial charge in [0, 0.05) is 24.4 Å². The molecule has 1 aromatic carbocycles. The minimum absolute atomic E-state index is 0.0422. The molecule has 0 bridgehead atoms. The fraction of sp³-hybridized carbons (Fsp3) is 0.609. The SMILES string of the molecule is COC(=O)C[C@@H]1CCc2cc(C(C)C)c3[nH]ncc3c2CN(CC(C)(C)C)C1=O. The number of carbonyl (C=O) groups excluding carboxylic acids is 2. The summed E-state index contributed by atoms with van der Waals surface area (Å²) in [4.78, 5) is 27.2. The van der Waals surface area contributed by atoms with Crippen LogP contribution in [0.2, 0.25) is 0 Å². The van der Waals surface area contributed by atoms with Gasteiger partial charge in [0.1, 0.15) is 0 Å². The van der Waals surface area contributed by atoms with Crippen LogP contribution in [-0.4, -0.2) is 40.6 Å². The third-order valence-corrected chi connectivity index (χ3v) is 5.67. The number of fused-ring (bicyclic) bond motifs is 3. The number of hydrogen-bond acceptors (Lipinski definition) is 4. The summed E-state index contributed by atoms with van der Waals surface area (Å²) in [6.45, 7) is 11.9. The maximum atomic E-state index is 13.4. The van der Waals surface area contributed by atoms with Gasteiger partial charge in [-0.2, -0.15) is 5.10 Å². The van der Waals surface area contributed by atoms with E-state index < -0.39 is 0 Å². The molecule has 0 fully saturated rings. The Kier molecular flexibility index (Phi) is 6.01. The van der Waals surface area contributed by atoms with E-state index in [1.807, 2.05) is 11.1 Å². The van der Waals surface area contributed by atoms with Crippen molar-refractivity contribution in [1.82, 2.24) is 15.1 Å². The molecule has 3 rings (SSSR count). The Balaban J connectivity index is 2.09. The Morgan fingerprint density at radius 3 is 2.72 bits per heavy atom. The molecule has 1 aliphatic rings. The predicted octanol–water partition coefficient (Wildman–Crippen LogP) is 4.19. The standard InChI is InChI=1S/C23H33N3O3/c1-14(2)17-9-15-7-8-16(10-20(27)29-6)22(28)26(13-23(3,4)5)12-19(15)18-11-24-25-21(17)18/h9,11,14,16H,7-8,10,12-13H2,1-6H3,(H,24,25)/t16-/m0/s1. The molecular weight excluding hydrogens is 366 g/mol. The topological polar surface area (TPSA) is 75.3 Å². The second-order valence-corrected chi connectivity index (χ2v) is 9.69. The van der Waals surface area contributed by atoms with Crippen LogP contribution >= 0.6 is 0 Å². The van der Waals surface area contributed by atoms with Crippen molar-refractivity contribution in [1.29, 1.82) is 0 Å². The van der Waals surface area contributed by atoms with Crippen molar-refractivity contribution in [3.63, 3.8) is 0 Å². The lowest BCUT2D eigenvalue weighted by atomic mass is 9.85. The van der Waals surface area contributed by atoms with E-state index in [1.54, 1.807) is 0 Å². The van der Waals surface area contributed by atoms with E-state index in [2.05, 4.69) is 50.9 Å². The summed E-state index contributed by atoms with van der Waals surface area (Å²) in [5.41, 5.74) is 4.69. The summed E-state index contributed by atoms with van der Waals surface area (Å²) in [6, 6.07) is 2.26. The van der Waals surface area contributed by atoms with Crippen LogP contribution < -0.4 is 0 Å². The van der Waals surface area contributed by atoms with Gasteiger partial charge >= 0.3 is 5.97 Å². The molecule has 1 atom stereocenters. The molecule has 29 heavy (non-hydrogen) atoms. The van der Waals surface area contributed by atoms with Crippen LogP contribution in [0.4, 0.5) is 0 Å². The highest BCUT2D eigenvalue weighted by Crippen LogP contribution is 2.34. The van der Waals surface area contributed by atoms with Crippen LogP contribution in [0.25, 0.3) is 10.9 Å². The fourth-order valence-electron chi connectivity index (χ4n) is 4.28. The Morgan fingerprint density at radius 1 is 1.38 bits per heavy atom. The van der Waals surface area contributed by atoms with Gasteiger partial charge in [-0.15, -0.1) is 0 Å². The number of esters is 1. The van der Waals surface area contributed by atoms with E-state index in [9.17, 15) is 9.59 Å². The number of hydrogen-bond donors (Lipinski definition) is 1. The zero-order valence-corrected chi connectivity index (χ0v) is 18.5. The number of carbonyl (C=O) groups is 2. The van der Waals surface area contributed by atoms with Crippen molar-refractivity contribution < 1.29 is 14.3 Å². The normalized spacial score (nSPS) is 18.0. The molecular formula is C23H33N3O3. The summed E-state index contributed by atoms with van der Waals surface area (Å²) in [7, 11) is 1.38. The quantitative estimate of drug-likeness (QED) is 0.783. The number of aromatic nitrogens is 2. The molecule has 0 saturated heterocycles. The van der Waals surface area contributed by atoms with E-state index in [0.29, 0.717) is 25.4 Å². The molecule has 0 radical (unpaired) electrons. The van der Waals surface area contributed by atoms with Crippen LogP contribution in [0.3, 0.4) is 0 Å². The van der Waals surface area contributed by atoms with E-state index >= 15 is 0 Å². The first-order chi connectivity index (χ1) is 13.6. The monoisotopic (exact) mass is 399 g/mol. The van der Waals surface area contributed by atoms with Crippen molar-refractivity contribution in [3.05, 3.63) is 29.0 Å². The number of ether oxygens (including phenoxy) is 1. The van der Waals surface area contributed by atoms with Crippen molar-refractivity contribution in [2.75, 3.05) is 13.7 Å². The highest BCUT2D eigenvalue weighted by molar-refractivity contribution is 5.88. The Hall–Kier alpha value is -2.37. The first-order valence-electron chi connectivity index (χ1n) is 10.4. The molecule has 0 unspecified atom stereocenters. The molecule has 6 heteroatoms. The van der Waals surface area contributed by atoms with Gasteiger partial charge in [0.15, 0.2) is 0 Å². The summed E-state index contributed by atoms with van der Waals surface area (Å²) in [5, 5.41) is 8.56. The average molecular weight is 400 g/mol. The number of amides is 1. The maximum Gasteiger partial charge on any atom is 0.306 e. The van der Waals surface area contributed by atoms with Crippen molar-refractivity contribution in [2.45, 2.75) is 66.3 Å². The molecule has 2 heterocycles. The molecule has 0 spiro atoms. The second kappa shape index (κ2) is 8.17. The molecule has 158 valence electrons. The molecule has 0 saturated carbocycles. The highest BCUT2D eigenvalue weighted by Gasteiger charge is 2.33. The van der Waals surface area contributed by atoms with Crippen molar-refractivity contribution in [3.8, 4) is 0 Å². The Labute approximate surface area is 173 Å². The average Bonchev–Trinajstić information content (AvgIpc) is 3.11. The van der Waals surface area contributed by atoms with Crippen LogP contribution in [0.5, 0.6) is 0 Å². The van der Waals surface area contributed by atoms with Gasteiger partial charge in [0.25, 0.3) is 0 Å². The number of rotatable bonds is 4. The van der Waals surface area contributed by atoms with Gasteiger partial charge in [-0.05, 0) is 40.9 Å². The van der Waals surface area contributed by atoms with Gasteiger partial charge in [-0.25, -0.2) is 0 Å². The molecule has 1 aromatic heterocycles. The molecule has 0 aliphatic carbocycles. The summed E-state index contributed by atoms with van der Waals surface area (Å²) >= 11 is 0. The Bertz CT molecular complexity index is 908. The number of aryl methyl sites for hydroxylation is 1. The number of benzene rings is 1. The molecule has 2 aromatic rings. The maximum absolute atomic E-state index is 13.4. The third kappa shape index (κ3) is 4.62. The molecule has 6 nitrogen and oxygen atoms in total.